The van der Waals surface area contributed by atoms with E-state index in [2.05, 4.69) is 0 Å². The lowest BCUT2D eigenvalue weighted by Crippen LogP contribution is -1.89. The minimum Gasteiger partial charge on any atom is -0.258 e. The SMILES string of the molecule is CCc1ccc([N+](=O)[O-])cc1Cl. The van der Waals surface area contributed by atoms with Gasteiger partial charge in [-0.2, -0.15) is 0 Å². The summed E-state index contributed by atoms with van der Waals surface area (Å²) in [6.07, 6.45) is 0.789. The molecule has 0 bridgehead atoms. The minimum atomic E-state index is -0.453. The molecular weight excluding hydrogens is 178 g/mol. The molecule has 0 aliphatic carbocycles. The van der Waals surface area contributed by atoms with Crippen molar-refractivity contribution in [3.63, 3.8) is 0 Å². The first-order valence-corrected chi connectivity index (χ1v) is 3.95. The molecule has 0 radical (unpaired) electrons. The number of aryl methyl sites for hydroxylation is 1. The molecule has 0 spiro atoms. The van der Waals surface area contributed by atoms with E-state index >= 15 is 0 Å². The summed E-state index contributed by atoms with van der Waals surface area (Å²) in [5, 5.41) is 10.8. The Hall–Kier alpha value is -1.09. The van der Waals surface area contributed by atoms with Gasteiger partial charge in [-0.15, -0.1) is 0 Å². The number of halogens is 1. The third-order valence-corrected chi connectivity index (χ3v) is 1.98. The average Bonchev–Trinajstić information content (AvgIpc) is 2.04. The van der Waals surface area contributed by atoms with Crippen LogP contribution in [0.3, 0.4) is 0 Å². The summed E-state index contributed by atoms with van der Waals surface area (Å²) in [5.74, 6) is 0. The third kappa shape index (κ3) is 1.74. The first-order chi connectivity index (χ1) is 5.65. The van der Waals surface area contributed by atoms with Crippen LogP contribution in [0.25, 0.3) is 0 Å². The van der Waals surface area contributed by atoms with Crippen molar-refractivity contribution < 1.29 is 4.92 Å². The van der Waals surface area contributed by atoms with E-state index in [1.54, 1.807) is 6.07 Å². The van der Waals surface area contributed by atoms with Gasteiger partial charge in [-0.25, -0.2) is 0 Å². The number of nitrogens with zero attached hydrogens (tertiary/aromatic N) is 1. The second-order valence-electron chi connectivity index (χ2n) is 2.39. The molecule has 0 saturated carbocycles. The lowest BCUT2D eigenvalue weighted by molar-refractivity contribution is -0.384. The molecule has 0 fully saturated rings. The Morgan fingerprint density at radius 3 is 2.67 bits per heavy atom. The summed E-state index contributed by atoms with van der Waals surface area (Å²) in [4.78, 5) is 9.85. The molecule has 0 N–H and O–H groups in total. The zero-order chi connectivity index (χ0) is 9.14. The average molecular weight is 186 g/mol. The van der Waals surface area contributed by atoms with Crippen LogP contribution >= 0.6 is 11.6 Å². The van der Waals surface area contributed by atoms with E-state index in [1.807, 2.05) is 6.92 Å². The van der Waals surface area contributed by atoms with Crippen LogP contribution in [0.1, 0.15) is 12.5 Å². The van der Waals surface area contributed by atoms with E-state index in [9.17, 15) is 10.1 Å². The molecule has 1 aromatic carbocycles. The summed E-state index contributed by atoms with van der Waals surface area (Å²) in [5.41, 5.74) is 0.972. The first-order valence-electron chi connectivity index (χ1n) is 3.58. The standard InChI is InChI=1S/C8H8ClNO2/c1-2-6-3-4-7(10(11)12)5-8(6)9/h3-5H,2H2,1H3. The van der Waals surface area contributed by atoms with Crippen LogP contribution in [-0.4, -0.2) is 4.92 Å². The van der Waals surface area contributed by atoms with Crippen LogP contribution in [0.5, 0.6) is 0 Å². The second kappa shape index (κ2) is 3.54. The minimum absolute atomic E-state index is 0.0391. The number of hydrogen-bond donors (Lipinski definition) is 0. The fraction of sp³-hybridized carbons (Fsp3) is 0.250. The quantitative estimate of drug-likeness (QED) is 0.525. The highest BCUT2D eigenvalue weighted by Gasteiger charge is 2.07. The predicted molar refractivity (Wildman–Crippen MR) is 47.5 cm³/mol. The van der Waals surface area contributed by atoms with Gasteiger partial charge in [-0.3, -0.25) is 10.1 Å². The molecule has 3 nitrogen and oxygen atoms in total. The Morgan fingerprint density at radius 1 is 1.58 bits per heavy atom. The summed E-state index contributed by atoms with van der Waals surface area (Å²) in [7, 11) is 0. The third-order valence-electron chi connectivity index (χ3n) is 1.63. The molecule has 0 atom stereocenters. The zero-order valence-electron chi connectivity index (χ0n) is 6.58. The van der Waals surface area contributed by atoms with Crippen molar-refractivity contribution in [1.29, 1.82) is 0 Å². The number of benzene rings is 1. The van der Waals surface area contributed by atoms with Gasteiger partial charge in [0, 0.05) is 12.1 Å². The molecule has 0 amide bonds. The largest absolute Gasteiger partial charge is 0.270 e. The van der Waals surface area contributed by atoms with E-state index < -0.39 is 4.92 Å². The van der Waals surface area contributed by atoms with Gasteiger partial charge in [-0.05, 0) is 12.0 Å². The van der Waals surface area contributed by atoms with Crippen molar-refractivity contribution in [3.05, 3.63) is 38.9 Å². The molecule has 12 heavy (non-hydrogen) atoms. The van der Waals surface area contributed by atoms with Crippen LogP contribution in [0, 0.1) is 10.1 Å². The van der Waals surface area contributed by atoms with Crippen LogP contribution < -0.4 is 0 Å². The zero-order valence-corrected chi connectivity index (χ0v) is 7.34. The second-order valence-corrected chi connectivity index (χ2v) is 2.79. The number of nitro benzene ring substituents is 1. The maximum atomic E-state index is 10.3. The van der Waals surface area contributed by atoms with E-state index in [0.717, 1.165) is 12.0 Å². The monoisotopic (exact) mass is 185 g/mol. The van der Waals surface area contributed by atoms with Crippen molar-refractivity contribution in [2.45, 2.75) is 13.3 Å². The van der Waals surface area contributed by atoms with Gasteiger partial charge in [0.25, 0.3) is 5.69 Å². The van der Waals surface area contributed by atoms with E-state index in [-0.39, 0.29) is 5.69 Å². The van der Waals surface area contributed by atoms with Gasteiger partial charge in [0.2, 0.25) is 0 Å². The van der Waals surface area contributed by atoms with E-state index in [0.29, 0.717) is 5.02 Å². The fourth-order valence-corrected chi connectivity index (χ4v) is 1.24. The Labute approximate surface area is 75.1 Å². The molecule has 0 aliphatic rings. The van der Waals surface area contributed by atoms with Crippen LogP contribution in [-0.2, 0) is 6.42 Å². The molecule has 0 saturated heterocycles. The Morgan fingerprint density at radius 2 is 2.25 bits per heavy atom. The fourth-order valence-electron chi connectivity index (χ4n) is 0.937. The van der Waals surface area contributed by atoms with Gasteiger partial charge < -0.3 is 0 Å². The summed E-state index contributed by atoms with van der Waals surface area (Å²) in [6, 6.07) is 4.52. The molecule has 1 rings (SSSR count). The van der Waals surface area contributed by atoms with Gasteiger partial charge >= 0.3 is 0 Å². The van der Waals surface area contributed by atoms with Crippen molar-refractivity contribution in [2.75, 3.05) is 0 Å². The van der Waals surface area contributed by atoms with Crippen LogP contribution in [0.4, 0.5) is 5.69 Å². The van der Waals surface area contributed by atoms with Gasteiger partial charge in [-0.1, -0.05) is 24.6 Å². The Balaban J connectivity index is 3.10. The van der Waals surface area contributed by atoms with E-state index in [4.69, 9.17) is 11.6 Å². The Kier molecular flexibility index (Phi) is 2.65. The molecule has 1 aromatic rings. The molecular formula is C8H8ClNO2. The molecule has 0 aromatic heterocycles. The van der Waals surface area contributed by atoms with Crippen molar-refractivity contribution in [2.24, 2.45) is 0 Å². The van der Waals surface area contributed by atoms with Crippen LogP contribution in [0.2, 0.25) is 5.02 Å². The topological polar surface area (TPSA) is 43.1 Å². The number of nitro groups is 1. The lowest BCUT2D eigenvalue weighted by Gasteiger charge is -1.98. The van der Waals surface area contributed by atoms with Gasteiger partial charge in [0.15, 0.2) is 0 Å². The molecule has 4 heteroatoms. The highest BCUT2D eigenvalue weighted by atomic mass is 35.5. The smallest absolute Gasteiger partial charge is 0.258 e. The summed E-state index contributed by atoms with van der Waals surface area (Å²) >= 11 is 5.77. The van der Waals surface area contributed by atoms with Gasteiger partial charge in [0.1, 0.15) is 0 Å². The van der Waals surface area contributed by atoms with Crippen LogP contribution in [0.15, 0.2) is 18.2 Å². The highest BCUT2D eigenvalue weighted by Crippen LogP contribution is 2.22. The lowest BCUT2D eigenvalue weighted by atomic mass is 10.1. The van der Waals surface area contributed by atoms with E-state index in [1.165, 1.54) is 12.1 Å². The maximum absolute atomic E-state index is 10.3. The number of non-ortho nitro benzene ring substituents is 1. The Bertz CT molecular complexity index is 312. The van der Waals surface area contributed by atoms with Crippen molar-refractivity contribution in [1.82, 2.24) is 0 Å². The van der Waals surface area contributed by atoms with Gasteiger partial charge in [0.05, 0.1) is 9.95 Å². The number of hydrogen-bond acceptors (Lipinski definition) is 2. The summed E-state index contributed by atoms with van der Waals surface area (Å²) < 4.78 is 0. The predicted octanol–water partition coefficient (Wildman–Crippen LogP) is 2.81. The highest BCUT2D eigenvalue weighted by molar-refractivity contribution is 6.31. The van der Waals surface area contributed by atoms with Crippen molar-refractivity contribution >= 4 is 17.3 Å². The molecule has 0 aliphatic heterocycles. The molecule has 0 heterocycles. The summed E-state index contributed by atoms with van der Waals surface area (Å²) in [6.45, 7) is 1.95. The number of rotatable bonds is 2. The first kappa shape index (κ1) is 9.00. The maximum Gasteiger partial charge on any atom is 0.270 e. The van der Waals surface area contributed by atoms with Crippen molar-refractivity contribution in [3.8, 4) is 0 Å². The molecule has 0 unspecified atom stereocenters. The normalized spacial score (nSPS) is 9.83. The molecule has 64 valence electrons.